The number of rotatable bonds is 8. The van der Waals surface area contributed by atoms with Gasteiger partial charge in [-0.3, -0.25) is 14.7 Å². The number of aromatic nitrogens is 2. The first-order valence-electron chi connectivity index (χ1n) is 10.1. The molecule has 0 bridgehead atoms. The van der Waals surface area contributed by atoms with E-state index in [1.165, 1.54) is 12.1 Å². The first-order valence-corrected chi connectivity index (χ1v) is 10.1. The predicted molar refractivity (Wildman–Crippen MR) is 111 cm³/mol. The number of benzene rings is 1. The molecule has 1 aromatic carbocycles. The predicted octanol–water partition coefficient (Wildman–Crippen LogP) is 2.72. The van der Waals surface area contributed by atoms with Crippen molar-refractivity contribution in [3.05, 3.63) is 35.5 Å². The number of anilines is 1. The summed E-state index contributed by atoms with van der Waals surface area (Å²) in [7, 11) is 0. The molecule has 2 amide bonds. The number of nitrogens with one attached hydrogen (secondary N) is 3. The van der Waals surface area contributed by atoms with E-state index in [0.29, 0.717) is 18.5 Å². The molecular formula is C21H26N4O6. The summed E-state index contributed by atoms with van der Waals surface area (Å²) in [5.41, 5.74) is 0.929. The van der Waals surface area contributed by atoms with Crippen molar-refractivity contribution in [3.63, 3.8) is 0 Å². The molecule has 166 valence electrons. The topological polar surface area (TPSA) is 143 Å². The van der Waals surface area contributed by atoms with E-state index in [1.807, 2.05) is 13.8 Å². The molecule has 1 fully saturated rings. The molecule has 10 nitrogen and oxygen atoms in total. The lowest BCUT2D eigenvalue weighted by atomic mass is 10.0. The maximum atomic E-state index is 12.1. The molecule has 31 heavy (non-hydrogen) atoms. The highest BCUT2D eigenvalue weighted by Crippen LogP contribution is 2.36. The summed E-state index contributed by atoms with van der Waals surface area (Å²) in [6.07, 6.45) is 2.20. The number of carbonyl (C=O) groups excluding carboxylic acids is 3. The minimum atomic E-state index is -0.466. The Morgan fingerprint density at radius 1 is 1.35 bits per heavy atom. The standard InChI is InChI=1S/C21H26N4O6/c1-12(2)22-21(29)31-15-7-6-13(8-15)16-9-18(25-24-16)23-19(27)11-30-17-5-3-4-14(10-26)20(17)28/h3-5,9-10,12-13,15,28H,6-8,11H2,1-2H3,(H,22,29)(H2,23,24,25,27)/t13-,15+/m0/s1. The molecule has 1 aromatic heterocycles. The van der Waals surface area contributed by atoms with E-state index in [1.54, 1.807) is 12.1 Å². The number of para-hydroxylation sites is 1. The second-order valence-electron chi connectivity index (χ2n) is 7.69. The molecule has 2 aromatic rings. The minimum Gasteiger partial charge on any atom is -0.504 e. The molecule has 1 saturated carbocycles. The SMILES string of the molecule is CC(C)NC(=O)O[C@@H]1CC[C@H](c2cc(NC(=O)COc3cccc(C=O)c3O)n[nH]2)C1. The minimum absolute atomic E-state index is 0.0189. The summed E-state index contributed by atoms with van der Waals surface area (Å²) in [4.78, 5) is 34.7. The molecule has 1 aliphatic carbocycles. The van der Waals surface area contributed by atoms with Gasteiger partial charge in [-0.1, -0.05) is 6.07 Å². The Morgan fingerprint density at radius 3 is 2.90 bits per heavy atom. The molecule has 1 aliphatic rings. The first kappa shape index (κ1) is 22.1. The molecule has 3 rings (SSSR count). The third kappa shape index (κ3) is 5.97. The van der Waals surface area contributed by atoms with Gasteiger partial charge in [-0.05, 0) is 45.2 Å². The zero-order chi connectivity index (χ0) is 22.4. The number of phenolic OH excluding ortho intramolecular Hbond substituents is 1. The van der Waals surface area contributed by atoms with E-state index in [2.05, 4.69) is 20.8 Å². The van der Waals surface area contributed by atoms with Gasteiger partial charge in [0.2, 0.25) is 0 Å². The smallest absolute Gasteiger partial charge is 0.407 e. The summed E-state index contributed by atoms with van der Waals surface area (Å²) < 4.78 is 10.7. The number of aromatic amines is 1. The van der Waals surface area contributed by atoms with Crippen molar-refractivity contribution in [3.8, 4) is 11.5 Å². The first-order chi connectivity index (χ1) is 14.9. The molecule has 1 heterocycles. The monoisotopic (exact) mass is 430 g/mol. The van der Waals surface area contributed by atoms with Crippen molar-refractivity contribution >= 4 is 24.1 Å². The Kier molecular flexibility index (Phi) is 7.11. The summed E-state index contributed by atoms with van der Waals surface area (Å²) in [6, 6.07) is 6.20. The number of phenols is 1. The summed E-state index contributed by atoms with van der Waals surface area (Å²) >= 11 is 0. The van der Waals surface area contributed by atoms with Crippen LogP contribution in [0.5, 0.6) is 11.5 Å². The van der Waals surface area contributed by atoms with Crippen molar-refractivity contribution < 1.29 is 29.0 Å². The lowest BCUT2D eigenvalue weighted by Gasteiger charge is -2.14. The van der Waals surface area contributed by atoms with Gasteiger partial charge in [-0.25, -0.2) is 4.79 Å². The average Bonchev–Trinajstić information content (AvgIpc) is 3.36. The number of ether oxygens (including phenoxy) is 2. The van der Waals surface area contributed by atoms with Crippen molar-refractivity contribution in [2.75, 3.05) is 11.9 Å². The van der Waals surface area contributed by atoms with Crippen molar-refractivity contribution in [1.82, 2.24) is 15.5 Å². The Morgan fingerprint density at radius 2 is 2.16 bits per heavy atom. The van der Waals surface area contributed by atoms with Crippen molar-refractivity contribution in [2.45, 2.75) is 51.2 Å². The van der Waals surface area contributed by atoms with Gasteiger partial charge in [-0.2, -0.15) is 5.10 Å². The Hall–Kier alpha value is -3.56. The number of nitrogens with zero attached hydrogens (tertiary/aromatic N) is 1. The largest absolute Gasteiger partial charge is 0.504 e. The van der Waals surface area contributed by atoms with Crippen molar-refractivity contribution in [2.24, 2.45) is 0 Å². The molecule has 10 heteroatoms. The maximum absolute atomic E-state index is 12.1. The molecule has 4 N–H and O–H groups in total. The lowest BCUT2D eigenvalue weighted by molar-refractivity contribution is -0.118. The van der Waals surface area contributed by atoms with Crippen LogP contribution in [0.3, 0.4) is 0 Å². The molecule has 0 spiro atoms. The highest BCUT2D eigenvalue weighted by atomic mass is 16.6. The van der Waals surface area contributed by atoms with Crippen LogP contribution < -0.4 is 15.4 Å². The zero-order valence-corrected chi connectivity index (χ0v) is 17.4. The van der Waals surface area contributed by atoms with Crippen LogP contribution in [0.1, 0.15) is 55.1 Å². The number of amides is 2. The normalized spacial score (nSPS) is 17.9. The fraction of sp³-hybridized carbons (Fsp3) is 0.429. The number of alkyl carbamates (subject to hydrolysis) is 1. The van der Waals surface area contributed by atoms with Crippen LogP contribution in [0.2, 0.25) is 0 Å². The Bertz CT molecular complexity index is 942. The highest BCUT2D eigenvalue weighted by molar-refractivity contribution is 5.91. The fourth-order valence-corrected chi connectivity index (χ4v) is 3.43. The number of hydrogen-bond acceptors (Lipinski definition) is 7. The molecule has 0 radical (unpaired) electrons. The number of carbonyl (C=O) groups is 3. The van der Waals surface area contributed by atoms with Gasteiger partial charge in [-0.15, -0.1) is 0 Å². The average molecular weight is 430 g/mol. The second kappa shape index (κ2) is 9.96. The van der Waals surface area contributed by atoms with Gasteiger partial charge in [0.25, 0.3) is 5.91 Å². The Balaban J connectivity index is 1.48. The van der Waals surface area contributed by atoms with E-state index in [9.17, 15) is 19.5 Å². The molecular weight excluding hydrogens is 404 g/mol. The van der Waals surface area contributed by atoms with E-state index in [0.717, 1.165) is 18.5 Å². The number of aromatic hydroxyl groups is 1. The zero-order valence-electron chi connectivity index (χ0n) is 17.4. The van der Waals surface area contributed by atoms with Gasteiger partial charge in [0.15, 0.2) is 30.2 Å². The van der Waals surface area contributed by atoms with Crippen molar-refractivity contribution in [1.29, 1.82) is 0 Å². The lowest BCUT2D eigenvalue weighted by Crippen LogP contribution is -2.33. The molecule has 0 aliphatic heterocycles. The van der Waals surface area contributed by atoms with Crippen LogP contribution in [0.15, 0.2) is 24.3 Å². The van der Waals surface area contributed by atoms with Crippen LogP contribution >= 0.6 is 0 Å². The van der Waals surface area contributed by atoms with E-state index >= 15 is 0 Å². The van der Waals surface area contributed by atoms with Gasteiger partial charge >= 0.3 is 6.09 Å². The van der Waals surface area contributed by atoms with Crippen LogP contribution in [0.25, 0.3) is 0 Å². The third-order valence-corrected chi connectivity index (χ3v) is 4.89. The van der Waals surface area contributed by atoms with Crippen LogP contribution in [-0.2, 0) is 9.53 Å². The molecule has 0 saturated heterocycles. The van der Waals surface area contributed by atoms with Crippen LogP contribution in [0, 0.1) is 0 Å². The summed E-state index contributed by atoms with van der Waals surface area (Å²) in [6.45, 7) is 3.38. The Labute approximate surface area is 179 Å². The fourth-order valence-electron chi connectivity index (χ4n) is 3.43. The number of H-pyrrole nitrogens is 1. The van der Waals surface area contributed by atoms with Gasteiger partial charge in [0.05, 0.1) is 5.56 Å². The van der Waals surface area contributed by atoms with Crippen LogP contribution in [0.4, 0.5) is 10.6 Å². The number of aldehydes is 1. The third-order valence-electron chi connectivity index (χ3n) is 4.89. The maximum Gasteiger partial charge on any atom is 0.407 e. The highest BCUT2D eigenvalue weighted by Gasteiger charge is 2.30. The van der Waals surface area contributed by atoms with E-state index in [4.69, 9.17) is 9.47 Å². The van der Waals surface area contributed by atoms with E-state index in [-0.39, 0.29) is 41.7 Å². The van der Waals surface area contributed by atoms with Crippen LogP contribution in [-0.4, -0.2) is 52.3 Å². The van der Waals surface area contributed by atoms with Gasteiger partial charge in [0.1, 0.15) is 6.10 Å². The number of hydrogen-bond donors (Lipinski definition) is 4. The summed E-state index contributed by atoms with van der Waals surface area (Å²) in [5.74, 6) is -0.244. The molecule has 0 unspecified atom stereocenters. The van der Waals surface area contributed by atoms with Gasteiger partial charge in [0, 0.05) is 23.7 Å². The van der Waals surface area contributed by atoms with Gasteiger partial charge < -0.3 is 25.2 Å². The second-order valence-corrected chi connectivity index (χ2v) is 7.69. The quantitative estimate of drug-likeness (QED) is 0.472. The van der Waals surface area contributed by atoms with E-state index < -0.39 is 12.0 Å². The summed E-state index contributed by atoms with van der Waals surface area (Å²) in [5, 5.41) is 22.2. The molecule has 2 atom stereocenters.